The van der Waals surface area contributed by atoms with Gasteiger partial charge in [-0.3, -0.25) is 24.5 Å². The number of benzene rings is 2. The quantitative estimate of drug-likeness (QED) is 0.536. The number of carbonyl (C=O) groups excluding carboxylic acids is 3. The van der Waals surface area contributed by atoms with Crippen LogP contribution in [-0.4, -0.2) is 28.7 Å². The number of hydrogen-bond donors (Lipinski definition) is 3. The van der Waals surface area contributed by atoms with Gasteiger partial charge in [-0.25, -0.2) is 0 Å². The molecule has 3 rings (SSSR count). The maximum Gasteiger partial charge on any atom is 0.306 e. The van der Waals surface area contributed by atoms with Crippen LogP contribution < -0.4 is 16.0 Å². The van der Waals surface area contributed by atoms with Gasteiger partial charge in [0.15, 0.2) is 0 Å². The number of carbonyl (C=O) groups is 3. The molecule has 0 radical (unpaired) electrons. The Morgan fingerprint density at radius 1 is 1.21 bits per heavy atom. The smallest absolute Gasteiger partial charge is 0.306 e. The summed E-state index contributed by atoms with van der Waals surface area (Å²) in [7, 11) is 0. The molecular formula is C18H15FN4O5. The maximum absolute atomic E-state index is 13.3. The van der Waals surface area contributed by atoms with Crippen molar-refractivity contribution >= 4 is 34.8 Å². The molecule has 0 bridgehead atoms. The lowest BCUT2D eigenvalue weighted by Crippen LogP contribution is -2.41. The van der Waals surface area contributed by atoms with Gasteiger partial charge in [-0.15, -0.1) is 0 Å². The Kier molecular flexibility index (Phi) is 5.30. The van der Waals surface area contributed by atoms with Crippen molar-refractivity contribution in [2.45, 2.75) is 18.9 Å². The molecule has 1 aliphatic rings. The zero-order chi connectivity index (χ0) is 20.3. The van der Waals surface area contributed by atoms with E-state index in [2.05, 4.69) is 16.0 Å². The molecule has 2 aromatic carbocycles. The summed E-state index contributed by atoms with van der Waals surface area (Å²) in [4.78, 5) is 46.5. The Bertz CT molecular complexity index is 978. The lowest BCUT2D eigenvalue weighted by atomic mass is 10.1. The largest absolute Gasteiger partial charge is 0.340 e. The zero-order valence-corrected chi connectivity index (χ0v) is 14.4. The Balaban J connectivity index is 1.62. The van der Waals surface area contributed by atoms with Gasteiger partial charge >= 0.3 is 5.69 Å². The first-order chi connectivity index (χ1) is 13.3. The first kappa shape index (κ1) is 19.0. The predicted molar refractivity (Wildman–Crippen MR) is 97.2 cm³/mol. The molecule has 0 spiro atoms. The van der Waals surface area contributed by atoms with Gasteiger partial charge < -0.3 is 16.0 Å². The number of rotatable bonds is 5. The molecule has 0 fully saturated rings. The zero-order valence-electron chi connectivity index (χ0n) is 14.4. The Morgan fingerprint density at radius 2 is 1.96 bits per heavy atom. The molecule has 3 N–H and O–H groups in total. The molecule has 9 nitrogen and oxygen atoms in total. The van der Waals surface area contributed by atoms with E-state index in [4.69, 9.17) is 0 Å². The number of nitrogens with zero attached hydrogens (tertiary/aromatic N) is 1. The van der Waals surface area contributed by atoms with Crippen molar-refractivity contribution in [2.75, 3.05) is 10.6 Å². The third-order valence-electron chi connectivity index (χ3n) is 4.14. The number of fused-ring (bicyclic) bond motifs is 1. The fourth-order valence-corrected chi connectivity index (χ4v) is 2.74. The average Bonchev–Trinajstić information content (AvgIpc) is 2.77. The summed E-state index contributed by atoms with van der Waals surface area (Å²) >= 11 is 0. The van der Waals surface area contributed by atoms with Gasteiger partial charge in [0, 0.05) is 18.2 Å². The number of hydrogen-bond acceptors (Lipinski definition) is 5. The maximum atomic E-state index is 13.3. The van der Waals surface area contributed by atoms with Crippen molar-refractivity contribution in [1.29, 1.82) is 0 Å². The van der Waals surface area contributed by atoms with Gasteiger partial charge in [0.1, 0.15) is 6.04 Å². The molecule has 1 aliphatic heterocycles. The summed E-state index contributed by atoms with van der Waals surface area (Å²) in [5, 5.41) is 18.4. The van der Waals surface area contributed by atoms with E-state index in [1.165, 1.54) is 6.07 Å². The molecule has 0 aromatic heterocycles. The lowest BCUT2D eigenvalue weighted by Gasteiger charge is -2.14. The van der Waals surface area contributed by atoms with E-state index in [1.54, 1.807) is 24.3 Å². The summed E-state index contributed by atoms with van der Waals surface area (Å²) in [6, 6.07) is 8.58. The molecule has 1 heterocycles. The summed E-state index contributed by atoms with van der Waals surface area (Å²) < 4.78 is 13.3. The third kappa shape index (κ3) is 4.11. The number of nitro groups is 1. The summed E-state index contributed by atoms with van der Waals surface area (Å²) in [5.41, 5.74) is 0.00262. The SMILES string of the molecule is O=C(CCC1NC(=O)c2ccccc2NC1=O)Nc1ccc(F)c([N+](=O)[O-])c1. The highest BCUT2D eigenvalue weighted by Gasteiger charge is 2.28. The monoisotopic (exact) mass is 386 g/mol. The van der Waals surface area contributed by atoms with Gasteiger partial charge in [-0.05, 0) is 30.7 Å². The van der Waals surface area contributed by atoms with Gasteiger partial charge in [0.05, 0.1) is 16.2 Å². The van der Waals surface area contributed by atoms with Crippen LogP contribution in [0, 0.1) is 15.9 Å². The van der Waals surface area contributed by atoms with Crippen LogP contribution in [0.1, 0.15) is 23.2 Å². The molecule has 28 heavy (non-hydrogen) atoms. The van der Waals surface area contributed by atoms with Gasteiger partial charge in [-0.2, -0.15) is 4.39 Å². The first-order valence-electron chi connectivity index (χ1n) is 8.29. The fraction of sp³-hybridized carbons (Fsp3) is 0.167. The molecule has 1 unspecified atom stereocenters. The molecule has 0 aliphatic carbocycles. The van der Waals surface area contributed by atoms with E-state index >= 15 is 0 Å². The Hall–Kier alpha value is -3.82. The van der Waals surface area contributed by atoms with Crippen LogP contribution in [0.4, 0.5) is 21.5 Å². The number of halogens is 1. The van der Waals surface area contributed by atoms with Crippen molar-refractivity contribution in [1.82, 2.24) is 5.32 Å². The van der Waals surface area contributed by atoms with Crippen molar-refractivity contribution in [3.05, 3.63) is 64.0 Å². The molecule has 1 atom stereocenters. The van der Waals surface area contributed by atoms with E-state index in [9.17, 15) is 28.9 Å². The van der Waals surface area contributed by atoms with Gasteiger partial charge in [-0.1, -0.05) is 12.1 Å². The van der Waals surface area contributed by atoms with Crippen molar-refractivity contribution < 1.29 is 23.7 Å². The minimum absolute atomic E-state index is 0.0146. The molecule has 0 saturated carbocycles. The lowest BCUT2D eigenvalue weighted by molar-refractivity contribution is -0.387. The van der Waals surface area contributed by atoms with Crippen molar-refractivity contribution in [3.63, 3.8) is 0 Å². The average molecular weight is 386 g/mol. The number of anilines is 2. The van der Waals surface area contributed by atoms with Crippen LogP contribution in [0.2, 0.25) is 0 Å². The van der Waals surface area contributed by atoms with Gasteiger partial charge in [0.25, 0.3) is 5.91 Å². The van der Waals surface area contributed by atoms with Crippen LogP contribution in [-0.2, 0) is 9.59 Å². The van der Waals surface area contributed by atoms with E-state index < -0.39 is 40.2 Å². The summed E-state index contributed by atoms with van der Waals surface area (Å²) in [6.45, 7) is 0. The molecule has 0 saturated heterocycles. The number of para-hydroxylation sites is 1. The minimum Gasteiger partial charge on any atom is -0.340 e. The van der Waals surface area contributed by atoms with Crippen LogP contribution in [0.25, 0.3) is 0 Å². The second kappa shape index (κ2) is 7.82. The Labute approximate surface area is 158 Å². The van der Waals surface area contributed by atoms with Crippen molar-refractivity contribution in [2.24, 2.45) is 0 Å². The normalized spacial score (nSPS) is 15.7. The van der Waals surface area contributed by atoms with Crippen LogP contribution in [0.3, 0.4) is 0 Å². The van der Waals surface area contributed by atoms with E-state index in [1.807, 2.05) is 0 Å². The molecular weight excluding hydrogens is 371 g/mol. The molecule has 144 valence electrons. The number of amides is 3. The van der Waals surface area contributed by atoms with E-state index in [-0.39, 0.29) is 18.5 Å². The highest BCUT2D eigenvalue weighted by Crippen LogP contribution is 2.22. The molecule has 10 heteroatoms. The Morgan fingerprint density at radius 3 is 2.71 bits per heavy atom. The van der Waals surface area contributed by atoms with Crippen LogP contribution in [0.5, 0.6) is 0 Å². The second-order valence-corrected chi connectivity index (χ2v) is 6.07. The highest BCUT2D eigenvalue weighted by atomic mass is 19.1. The van der Waals surface area contributed by atoms with Gasteiger partial charge in [0.2, 0.25) is 17.6 Å². The van der Waals surface area contributed by atoms with E-state index in [0.717, 1.165) is 12.1 Å². The highest BCUT2D eigenvalue weighted by molar-refractivity contribution is 6.10. The molecule has 3 amide bonds. The van der Waals surface area contributed by atoms with Crippen molar-refractivity contribution in [3.8, 4) is 0 Å². The number of nitrogens with one attached hydrogen (secondary N) is 3. The number of nitro benzene ring substituents is 1. The van der Waals surface area contributed by atoms with E-state index in [0.29, 0.717) is 11.3 Å². The summed E-state index contributed by atoms with van der Waals surface area (Å²) in [5.74, 6) is -2.44. The van der Waals surface area contributed by atoms with Crippen LogP contribution in [0.15, 0.2) is 42.5 Å². The third-order valence-corrected chi connectivity index (χ3v) is 4.14. The first-order valence-corrected chi connectivity index (χ1v) is 8.29. The minimum atomic E-state index is -1.01. The molecule has 2 aromatic rings. The second-order valence-electron chi connectivity index (χ2n) is 6.07. The summed E-state index contributed by atoms with van der Waals surface area (Å²) in [6.07, 6.45) is -0.124. The predicted octanol–water partition coefficient (Wildman–Crippen LogP) is 2.20. The standard InChI is InChI=1S/C18H15FN4O5/c19-12-6-5-10(9-15(12)23(27)28)20-16(24)8-7-14-18(26)21-13-4-2-1-3-11(13)17(25)22-14/h1-6,9,14H,7-8H2,(H,20,24)(H,21,26)(H,22,25). The van der Waals surface area contributed by atoms with Crippen LogP contribution >= 0.6 is 0 Å². The topological polar surface area (TPSA) is 130 Å². The fourth-order valence-electron chi connectivity index (χ4n) is 2.74.